The van der Waals surface area contributed by atoms with Crippen LogP contribution in [0.15, 0.2) is 53.0 Å². The molecule has 2 aromatic heterocycles. The van der Waals surface area contributed by atoms with Crippen LogP contribution in [-0.2, 0) is 11.2 Å². The molecular formula is C18H19N5O2S2. The standard InChI is InChI=1S/C18H19N5O2S2/c19-17(25)20-16(24)9-5-11-27-18-22-21-15(12-14-8-4-10-26-14)23(18)13-6-2-1-3-7-13/h1-4,6-8,10H,5,9,11-12H2,(H3,19,20,24,25). The van der Waals surface area contributed by atoms with E-state index in [1.807, 2.05) is 46.3 Å². The number of aromatic nitrogens is 3. The van der Waals surface area contributed by atoms with Crippen LogP contribution in [0.2, 0.25) is 0 Å². The Kier molecular flexibility index (Phi) is 6.61. The number of thioether (sulfide) groups is 1. The second-order valence-corrected chi connectivity index (χ2v) is 7.78. The van der Waals surface area contributed by atoms with Gasteiger partial charge in [-0.2, -0.15) is 0 Å². The number of urea groups is 1. The molecule has 0 atom stereocenters. The fourth-order valence-corrected chi connectivity index (χ4v) is 4.12. The molecule has 0 radical (unpaired) electrons. The van der Waals surface area contributed by atoms with Crippen LogP contribution in [0.3, 0.4) is 0 Å². The summed E-state index contributed by atoms with van der Waals surface area (Å²) < 4.78 is 2.05. The summed E-state index contributed by atoms with van der Waals surface area (Å²) in [6, 6.07) is 13.2. The number of imide groups is 1. The molecule has 0 aliphatic heterocycles. The van der Waals surface area contributed by atoms with Gasteiger partial charge in [-0.25, -0.2) is 4.79 Å². The van der Waals surface area contributed by atoms with Crippen molar-refractivity contribution in [2.45, 2.75) is 24.4 Å². The van der Waals surface area contributed by atoms with Crippen molar-refractivity contribution >= 4 is 35.0 Å². The second kappa shape index (κ2) is 9.33. The van der Waals surface area contributed by atoms with Crippen LogP contribution in [0.4, 0.5) is 4.79 Å². The predicted octanol–water partition coefficient (Wildman–Crippen LogP) is 2.99. The Morgan fingerprint density at radius 1 is 1.15 bits per heavy atom. The minimum Gasteiger partial charge on any atom is -0.351 e. The zero-order chi connectivity index (χ0) is 19.1. The van der Waals surface area contributed by atoms with Crippen molar-refractivity contribution < 1.29 is 9.59 Å². The lowest BCUT2D eigenvalue weighted by Gasteiger charge is -2.09. The van der Waals surface area contributed by atoms with Crippen LogP contribution in [-0.4, -0.2) is 32.5 Å². The van der Waals surface area contributed by atoms with Gasteiger partial charge >= 0.3 is 6.03 Å². The highest BCUT2D eigenvalue weighted by Gasteiger charge is 2.15. The third-order valence-corrected chi connectivity index (χ3v) is 5.56. The van der Waals surface area contributed by atoms with Gasteiger partial charge in [0.1, 0.15) is 5.82 Å². The van der Waals surface area contributed by atoms with Crippen molar-refractivity contribution in [1.82, 2.24) is 20.1 Å². The molecule has 0 saturated heterocycles. The lowest BCUT2D eigenvalue weighted by molar-refractivity contribution is -0.119. The fourth-order valence-electron chi connectivity index (χ4n) is 2.51. The zero-order valence-corrected chi connectivity index (χ0v) is 16.1. The molecule has 0 unspecified atom stereocenters. The minimum atomic E-state index is -0.824. The van der Waals surface area contributed by atoms with Gasteiger partial charge in [0.2, 0.25) is 5.91 Å². The second-order valence-electron chi connectivity index (χ2n) is 5.69. The number of nitrogens with two attached hydrogens (primary N) is 1. The maximum absolute atomic E-state index is 11.5. The summed E-state index contributed by atoms with van der Waals surface area (Å²) in [4.78, 5) is 23.4. The van der Waals surface area contributed by atoms with E-state index in [1.165, 1.54) is 16.6 Å². The predicted molar refractivity (Wildman–Crippen MR) is 106 cm³/mol. The Balaban J connectivity index is 1.70. The Bertz CT molecular complexity index is 894. The van der Waals surface area contributed by atoms with Crippen molar-refractivity contribution in [2.75, 3.05) is 5.75 Å². The first-order valence-electron chi connectivity index (χ1n) is 8.37. The molecular weight excluding hydrogens is 382 g/mol. The number of hydrogen-bond donors (Lipinski definition) is 2. The van der Waals surface area contributed by atoms with Crippen molar-refractivity contribution in [1.29, 1.82) is 0 Å². The molecule has 3 amide bonds. The van der Waals surface area contributed by atoms with Crippen LogP contribution in [0.5, 0.6) is 0 Å². The topological polar surface area (TPSA) is 103 Å². The van der Waals surface area contributed by atoms with Gasteiger partial charge in [-0.05, 0) is 30.0 Å². The molecule has 0 aliphatic carbocycles. The normalized spacial score (nSPS) is 10.7. The number of hydrogen-bond acceptors (Lipinski definition) is 6. The van der Waals surface area contributed by atoms with Gasteiger partial charge < -0.3 is 5.73 Å². The Morgan fingerprint density at radius 3 is 2.67 bits per heavy atom. The van der Waals surface area contributed by atoms with E-state index in [4.69, 9.17) is 5.73 Å². The summed E-state index contributed by atoms with van der Waals surface area (Å²) in [6.45, 7) is 0. The number of carbonyl (C=O) groups excluding carboxylic acids is 2. The molecule has 3 N–H and O–H groups in total. The summed E-state index contributed by atoms with van der Waals surface area (Å²) in [5.41, 5.74) is 5.94. The first-order chi connectivity index (χ1) is 13.1. The number of benzene rings is 1. The lowest BCUT2D eigenvalue weighted by atomic mass is 10.3. The zero-order valence-electron chi connectivity index (χ0n) is 14.5. The number of amides is 3. The van der Waals surface area contributed by atoms with E-state index in [0.717, 1.165) is 16.7 Å². The quantitative estimate of drug-likeness (QED) is 0.446. The molecule has 3 rings (SSSR count). The summed E-state index contributed by atoms with van der Waals surface area (Å²) >= 11 is 3.22. The molecule has 0 saturated carbocycles. The first-order valence-corrected chi connectivity index (χ1v) is 10.2. The van der Waals surface area contributed by atoms with Crippen molar-refractivity contribution in [3.8, 4) is 5.69 Å². The summed E-state index contributed by atoms with van der Waals surface area (Å²) in [6.07, 6.45) is 1.55. The number of nitrogens with zero attached hydrogens (tertiary/aromatic N) is 3. The van der Waals surface area contributed by atoms with Gasteiger partial charge in [0.25, 0.3) is 0 Å². The van der Waals surface area contributed by atoms with E-state index in [1.54, 1.807) is 11.3 Å². The van der Waals surface area contributed by atoms with Crippen LogP contribution < -0.4 is 11.1 Å². The molecule has 9 heteroatoms. The van der Waals surface area contributed by atoms with Crippen LogP contribution in [0.25, 0.3) is 5.69 Å². The molecule has 7 nitrogen and oxygen atoms in total. The van der Waals surface area contributed by atoms with E-state index in [2.05, 4.69) is 21.6 Å². The largest absolute Gasteiger partial charge is 0.351 e. The monoisotopic (exact) mass is 401 g/mol. The molecule has 0 spiro atoms. The minimum absolute atomic E-state index is 0.234. The number of nitrogens with one attached hydrogen (secondary N) is 1. The number of rotatable bonds is 8. The fraction of sp³-hybridized carbons (Fsp3) is 0.222. The van der Waals surface area contributed by atoms with Crippen LogP contribution >= 0.6 is 23.1 Å². The highest BCUT2D eigenvalue weighted by Crippen LogP contribution is 2.25. The number of thiophene rings is 1. The smallest absolute Gasteiger partial charge is 0.318 e. The van der Waals surface area contributed by atoms with E-state index < -0.39 is 6.03 Å². The molecule has 0 aliphatic rings. The van der Waals surface area contributed by atoms with Gasteiger partial charge in [-0.3, -0.25) is 14.7 Å². The average molecular weight is 402 g/mol. The van der Waals surface area contributed by atoms with Crippen molar-refractivity contribution in [3.63, 3.8) is 0 Å². The number of para-hydroxylation sites is 1. The van der Waals surface area contributed by atoms with E-state index >= 15 is 0 Å². The van der Waals surface area contributed by atoms with Gasteiger partial charge in [-0.1, -0.05) is 36.0 Å². The summed E-state index contributed by atoms with van der Waals surface area (Å²) in [5, 5.41) is 13.6. The van der Waals surface area contributed by atoms with E-state index in [-0.39, 0.29) is 12.3 Å². The molecule has 27 heavy (non-hydrogen) atoms. The molecule has 3 aromatic rings. The van der Waals surface area contributed by atoms with Crippen molar-refractivity contribution in [3.05, 3.63) is 58.5 Å². The third-order valence-electron chi connectivity index (χ3n) is 3.67. The van der Waals surface area contributed by atoms with Gasteiger partial charge in [0, 0.05) is 29.2 Å². The Labute approximate surface area is 165 Å². The first kappa shape index (κ1) is 19.1. The summed E-state index contributed by atoms with van der Waals surface area (Å²) in [7, 11) is 0. The summed E-state index contributed by atoms with van der Waals surface area (Å²) in [5.74, 6) is 1.18. The van der Waals surface area contributed by atoms with Crippen LogP contribution in [0.1, 0.15) is 23.5 Å². The molecule has 1 aromatic carbocycles. The molecule has 0 bridgehead atoms. The Morgan fingerprint density at radius 2 is 1.96 bits per heavy atom. The Hall–Kier alpha value is -2.65. The van der Waals surface area contributed by atoms with Gasteiger partial charge in [0.15, 0.2) is 5.16 Å². The lowest BCUT2D eigenvalue weighted by Crippen LogP contribution is -2.34. The van der Waals surface area contributed by atoms with Gasteiger partial charge in [-0.15, -0.1) is 21.5 Å². The highest BCUT2D eigenvalue weighted by atomic mass is 32.2. The molecule has 0 fully saturated rings. The highest BCUT2D eigenvalue weighted by molar-refractivity contribution is 7.99. The van der Waals surface area contributed by atoms with E-state index in [9.17, 15) is 9.59 Å². The SMILES string of the molecule is NC(=O)NC(=O)CCCSc1nnc(Cc2cccs2)n1-c1ccccc1. The van der Waals surface area contributed by atoms with Gasteiger partial charge in [0.05, 0.1) is 0 Å². The molecule has 140 valence electrons. The van der Waals surface area contributed by atoms with Crippen molar-refractivity contribution in [2.24, 2.45) is 5.73 Å². The third kappa shape index (κ3) is 5.41. The van der Waals surface area contributed by atoms with Crippen LogP contribution in [0, 0.1) is 0 Å². The number of carbonyl (C=O) groups is 2. The average Bonchev–Trinajstić information content (AvgIpc) is 3.29. The maximum Gasteiger partial charge on any atom is 0.318 e. The maximum atomic E-state index is 11.5. The molecule has 2 heterocycles. The van der Waals surface area contributed by atoms with E-state index in [0.29, 0.717) is 18.6 Å². The number of primary amides is 1.